The van der Waals surface area contributed by atoms with Crippen molar-refractivity contribution >= 4 is 5.78 Å². The van der Waals surface area contributed by atoms with Crippen LogP contribution in [0.1, 0.15) is 65.9 Å². The molecule has 0 fully saturated rings. The van der Waals surface area contributed by atoms with Crippen molar-refractivity contribution in [2.24, 2.45) is 11.8 Å². The van der Waals surface area contributed by atoms with E-state index in [1.807, 2.05) is 25.1 Å². The van der Waals surface area contributed by atoms with Crippen LogP contribution < -0.4 is 0 Å². The first-order chi connectivity index (χ1) is 9.51. The molecule has 1 unspecified atom stereocenters. The van der Waals surface area contributed by atoms with Gasteiger partial charge in [-0.15, -0.1) is 0 Å². The van der Waals surface area contributed by atoms with Crippen LogP contribution >= 0.6 is 0 Å². The quantitative estimate of drug-likeness (QED) is 0.626. The second-order valence-corrected chi connectivity index (χ2v) is 5.88. The summed E-state index contributed by atoms with van der Waals surface area (Å²) in [7, 11) is 0. The van der Waals surface area contributed by atoms with Crippen molar-refractivity contribution in [2.45, 2.75) is 66.7 Å². The highest BCUT2D eigenvalue weighted by Gasteiger charge is 2.07. The van der Waals surface area contributed by atoms with E-state index in [0.29, 0.717) is 0 Å². The summed E-state index contributed by atoms with van der Waals surface area (Å²) in [5.74, 6) is 1.37. The van der Waals surface area contributed by atoms with Gasteiger partial charge in [0.1, 0.15) is 5.78 Å². The molecule has 1 atom stereocenters. The summed E-state index contributed by atoms with van der Waals surface area (Å²) in [5.41, 5.74) is 1.24. The zero-order valence-electron chi connectivity index (χ0n) is 14.0. The third-order valence-electron chi connectivity index (χ3n) is 3.64. The molecule has 0 saturated carbocycles. The summed E-state index contributed by atoms with van der Waals surface area (Å²) in [4.78, 5) is 10.9. The van der Waals surface area contributed by atoms with Crippen molar-refractivity contribution in [1.82, 2.24) is 0 Å². The molecule has 0 aromatic heterocycles. The van der Waals surface area contributed by atoms with Crippen molar-refractivity contribution in [3.63, 3.8) is 0 Å². The molecule has 1 aromatic carbocycles. The summed E-state index contributed by atoms with van der Waals surface area (Å²) in [5, 5.41) is 0. The van der Waals surface area contributed by atoms with Crippen molar-refractivity contribution < 1.29 is 4.79 Å². The van der Waals surface area contributed by atoms with E-state index in [-0.39, 0.29) is 11.7 Å². The number of hydrogen-bond acceptors (Lipinski definition) is 1. The summed E-state index contributed by atoms with van der Waals surface area (Å²) in [6.07, 6.45) is 6.38. The number of carbonyl (C=O) groups is 1. The Morgan fingerprint density at radius 3 is 1.90 bits per heavy atom. The topological polar surface area (TPSA) is 17.1 Å². The van der Waals surface area contributed by atoms with E-state index in [0.717, 1.165) is 12.3 Å². The molecule has 0 amide bonds. The molecule has 0 radical (unpaired) electrons. The zero-order valence-corrected chi connectivity index (χ0v) is 14.0. The van der Waals surface area contributed by atoms with Gasteiger partial charge < -0.3 is 0 Å². The van der Waals surface area contributed by atoms with Crippen LogP contribution in [0.4, 0.5) is 0 Å². The number of carbonyl (C=O) groups excluding carboxylic acids is 1. The van der Waals surface area contributed by atoms with Crippen molar-refractivity contribution in [3.05, 3.63) is 35.9 Å². The predicted octanol–water partition coefficient (Wildman–Crippen LogP) is 5.68. The lowest BCUT2D eigenvalue weighted by Crippen LogP contribution is -2.09. The Morgan fingerprint density at radius 1 is 1.00 bits per heavy atom. The normalized spacial score (nSPS) is 11.7. The van der Waals surface area contributed by atoms with Gasteiger partial charge in [-0.1, -0.05) is 83.7 Å². The summed E-state index contributed by atoms with van der Waals surface area (Å²) in [6.45, 7) is 10.5. The first-order valence-electron chi connectivity index (χ1n) is 8.05. The molecule has 0 aliphatic heterocycles. The van der Waals surface area contributed by atoms with E-state index >= 15 is 0 Å². The van der Waals surface area contributed by atoms with Gasteiger partial charge in [0, 0.05) is 5.92 Å². The molecule has 0 saturated heterocycles. The summed E-state index contributed by atoms with van der Waals surface area (Å²) >= 11 is 0. The predicted molar refractivity (Wildman–Crippen MR) is 89.0 cm³/mol. The average Bonchev–Trinajstić information content (AvgIpc) is 2.41. The van der Waals surface area contributed by atoms with E-state index < -0.39 is 0 Å². The Balaban J connectivity index is 0.000000396. The summed E-state index contributed by atoms with van der Waals surface area (Å²) < 4.78 is 0. The fourth-order valence-corrected chi connectivity index (χ4v) is 2.24. The van der Waals surface area contributed by atoms with Crippen molar-refractivity contribution in [1.29, 1.82) is 0 Å². The minimum Gasteiger partial charge on any atom is -0.300 e. The molecule has 0 aliphatic rings. The molecular formula is C19H32O. The highest BCUT2D eigenvalue weighted by Crippen LogP contribution is 2.10. The van der Waals surface area contributed by atoms with Crippen LogP contribution in [0, 0.1) is 11.8 Å². The first-order valence-corrected chi connectivity index (χ1v) is 8.05. The van der Waals surface area contributed by atoms with E-state index in [2.05, 4.69) is 32.9 Å². The monoisotopic (exact) mass is 276 g/mol. The van der Waals surface area contributed by atoms with Gasteiger partial charge in [-0.25, -0.2) is 0 Å². The third-order valence-corrected chi connectivity index (χ3v) is 3.64. The van der Waals surface area contributed by atoms with Gasteiger partial charge in [-0.3, -0.25) is 4.79 Å². The standard InChI is InChI=1S/C11H14O.C8H18/c1-9(10(2)12)8-11-6-4-3-5-7-11;1-4-6-8(3)7-5-2/h3-7,9H,8H2,1-2H3;8H,4-7H2,1-3H3. The zero-order chi connectivity index (χ0) is 15.4. The van der Waals surface area contributed by atoms with Crippen LogP contribution in [-0.2, 0) is 11.2 Å². The molecule has 0 N–H and O–H groups in total. The average molecular weight is 276 g/mol. The lowest BCUT2D eigenvalue weighted by atomic mass is 9.98. The first kappa shape index (κ1) is 18.9. The van der Waals surface area contributed by atoms with Crippen LogP contribution in [-0.4, -0.2) is 5.78 Å². The Hall–Kier alpha value is -1.11. The largest absolute Gasteiger partial charge is 0.300 e. The van der Waals surface area contributed by atoms with Gasteiger partial charge in [0.2, 0.25) is 0 Å². The molecule has 20 heavy (non-hydrogen) atoms. The Labute approximate surface area is 125 Å². The van der Waals surface area contributed by atoms with Gasteiger partial charge in [-0.05, 0) is 24.8 Å². The van der Waals surface area contributed by atoms with Crippen LogP contribution in [0.2, 0.25) is 0 Å². The van der Waals surface area contributed by atoms with E-state index in [4.69, 9.17) is 0 Å². The smallest absolute Gasteiger partial charge is 0.132 e. The highest BCUT2D eigenvalue weighted by atomic mass is 16.1. The molecule has 0 aliphatic carbocycles. The number of ketones is 1. The second kappa shape index (κ2) is 11.7. The number of hydrogen-bond donors (Lipinski definition) is 0. The van der Waals surface area contributed by atoms with Gasteiger partial charge >= 0.3 is 0 Å². The number of benzene rings is 1. The van der Waals surface area contributed by atoms with E-state index in [1.54, 1.807) is 6.92 Å². The van der Waals surface area contributed by atoms with Crippen LogP contribution in [0.5, 0.6) is 0 Å². The maximum absolute atomic E-state index is 10.9. The van der Waals surface area contributed by atoms with E-state index in [9.17, 15) is 4.79 Å². The van der Waals surface area contributed by atoms with Crippen molar-refractivity contribution in [3.8, 4) is 0 Å². The Kier molecular flexibility index (Phi) is 11.0. The van der Waals surface area contributed by atoms with Gasteiger partial charge in [0.25, 0.3) is 0 Å². The molecule has 0 bridgehead atoms. The van der Waals surface area contributed by atoms with Crippen LogP contribution in [0.25, 0.3) is 0 Å². The molecule has 0 spiro atoms. The molecular weight excluding hydrogens is 244 g/mol. The fourth-order valence-electron chi connectivity index (χ4n) is 2.24. The van der Waals surface area contributed by atoms with Gasteiger partial charge in [0.05, 0.1) is 0 Å². The van der Waals surface area contributed by atoms with Crippen LogP contribution in [0.15, 0.2) is 30.3 Å². The Bertz CT molecular complexity index is 336. The maximum atomic E-state index is 10.9. The van der Waals surface area contributed by atoms with Crippen LogP contribution in [0.3, 0.4) is 0 Å². The number of rotatable bonds is 7. The van der Waals surface area contributed by atoms with E-state index in [1.165, 1.54) is 31.2 Å². The molecule has 114 valence electrons. The second-order valence-electron chi connectivity index (χ2n) is 5.88. The SMILES string of the molecule is CC(=O)C(C)Cc1ccccc1.CCCC(C)CCC. The fraction of sp³-hybridized carbons (Fsp3) is 0.632. The molecule has 1 rings (SSSR count). The molecule has 0 heterocycles. The minimum absolute atomic E-state index is 0.146. The summed E-state index contributed by atoms with van der Waals surface area (Å²) in [6, 6.07) is 10.1. The lowest BCUT2D eigenvalue weighted by molar-refractivity contribution is -0.120. The molecule has 1 aromatic rings. The van der Waals surface area contributed by atoms with Gasteiger partial charge in [-0.2, -0.15) is 0 Å². The Morgan fingerprint density at radius 2 is 1.50 bits per heavy atom. The lowest BCUT2D eigenvalue weighted by Gasteiger charge is -2.06. The maximum Gasteiger partial charge on any atom is 0.132 e. The van der Waals surface area contributed by atoms with Gasteiger partial charge in [0.15, 0.2) is 0 Å². The number of Topliss-reactive ketones (excluding diaryl/α,β-unsaturated/α-hetero) is 1. The highest BCUT2D eigenvalue weighted by molar-refractivity contribution is 5.78. The van der Waals surface area contributed by atoms with Crippen molar-refractivity contribution in [2.75, 3.05) is 0 Å². The molecule has 1 nitrogen and oxygen atoms in total. The minimum atomic E-state index is 0.146. The molecule has 1 heteroatoms. The third kappa shape index (κ3) is 9.77.